The van der Waals surface area contributed by atoms with Crippen molar-refractivity contribution in [2.75, 3.05) is 13.7 Å². The van der Waals surface area contributed by atoms with Gasteiger partial charge in [0.1, 0.15) is 5.75 Å². The Labute approximate surface area is 137 Å². The molecule has 0 atom stereocenters. The predicted molar refractivity (Wildman–Crippen MR) is 96.3 cm³/mol. The van der Waals surface area contributed by atoms with Crippen LogP contribution in [0.2, 0.25) is 0 Å². The molecular formula is C20H24N2O. The summed E-state index contributed by atoms with van der Waals surface area (Å²) in [6, 6.07) is 12.9. The van der Waals surface area contributed by atoms with Gasteiger partial charge in [-0.25, -0.2) is 0 Å². The maximum atomic E-state index is 5.79. The fraction of sp³-hybridized carbons (Fsp3) is 0.300. The van der Waals surface area contributed by atoms with Gasteiger partial charge in [0.2, 0.25) is 0 Å². The molecule has 1 heterocycles. The number of nitrogens with two attached hydrogens (primary N) is 1. The molecular weight excluding hydrogens is 284 g/mol. The standard InChI is InChI=1S/C20H24N2O/c1-14-4-5-15(2)17(10-14)13-22-12-16(8-9-21)19-11-18(23-3)6-7-20(19)22/h4-7,10-12H,8-9,13,21H2,1-3H3. The van der Waals surface area contributed by atoms with Crippen LogP contribution >= 0.6 is 0 Å². The van der Waals surface area contributed by atoms with Crippen molar-refractivity contribution in [2.45, 2.75) is 26.8 Å². The second-order valence-corrected chi connectivity index (χ2v) is 6.13. The quantitative estimate of drug-likeness (QED) is 0.778. The normalized spacial score (nSPS) is 11.1. The largest absolute Gasteiger partial charge is 0.497 e. The average molecular weight is 308 g/mol. The number of ether oxygens (including phenoxy) is 1. The van der Waals surface area contributed by atoms with Gasteiger partial charge >= 0.3 is 0 Å². The molecule has 3 nitrogen and oxygen atoms in total. The van der Waals surface area contributed by atoms with Gasteiger partial charge in [0.15, 0.2) is 0 Å². The lowest BCUT2D eigenvalue weighted by molar-refractivity contribution is 0.415. The number of fused-ring (bicyclic) bond motifs is 1. The molecule has 0 aliphatic heterocycles. The molecule has 3 heteroatoms. The molecule has 0 fully saturated rings. The SMILES string of the molecule is COc1ccc2c(c1)c(CCN)cn2Cc1cc(C)ccc1C. The number of hydrogen-bond acceptors (Lipinski definition) is 2. The van der Waals surface area contributed by atoms with Crippen LogP contribution in [0.4, 0.5) is 0 Å². The number of aryl methyl sites for hydroxylation is 2. The summed E-state index contributed by atoms with van der Waals surface area (Å²) in [4.78, 5) is 0. The first-order valence-electron chi connectivity index (χ1n) is 8.04. The number of hydrogen-bond donors (Lipinski definition) is 1. The van der Waals surface area contributed by atoms with Crippen LogP contribution in [0.5, 0.6) is 5.75 Å². The van der Waals surface area contributed by atoms with Gasteiger partial charge in [-0.05, 0) is 61.7 Å². The topological polar surface area (TPSA) is 40.2 Å². The molecule has 23 heavy (non-hydrogen) atoms. The van der Waals surface area contributed by atoms with Crippen LogP contribution in [0.3, 0.4) is 0 Å². The van der Waals surface area contributed by atoms with Crippen molar-refractivity contribution in [2.24, 2.45) is 5.73 Å². The van der Waals surface area contributed by atoms with Crippen LogP contribution < -0.4 is 10.5 Å². The van der Waals surface area contributed by atoms with E-state index in [0.29, 0.717) is 6.54 Å². The summed E-state index contributed by atoms with van der Waals surface area (Å²) in [7, 11) is 1.71. The number of methoxy groups -OCH3 is 1. The molecule has 120 valence electrons. The first-order chi connectivity index (χ1) is 11.1. The Morgan fingerprint density at radius 1 is 1.04 bits per heavy atom. The Kier molecular flexibility index (Phi) is 4.39. The minimum Gasteiger partial charge on any atom is -0.497 e. The number of rotatable bonds is 5. The lowest BCUT2D eigenvalue weighted by atomic mass is 10.1. The highest BCUT2D eigenvalue weighted by molar-refractivity contribution is 5.85. The zero-order valence-electron chi connectivity index (χ0n) is 14.1. The van der Waals surface area contributed by atoms with Crippen molar-refractivity contribution in [3.8, 4) is 5.75 Å². The van der Waals surface area contributed by atoms with Gasteiger partial charge < -0.3 is 15.0 Å². The molecule has 1 aromatic heterocycles. The summed E-state index contributed by atoms with van der Waals surface area (Å²) >= 11 is 0. The van der Waals surface area contributed by atoms with Crippen LogP contribution in [0, 0.1) is 13.8 Å². The Bertz CT molecular complexity index is 833. The highest BCUT2D eigenvalue weighted by atomic mass is 16.5. The lowest BCUT2D eigenvalue weighted by Crippen LogP contribution is -2.03. The third-order valence-electron chi connectivity index (χ3n) is 4.43. The van der Waals surface area contributed by atoms with Gasteiger partial charge in [0.25, 0.3) is 0 Å². The van der Waals surface area contributed by atoms with E-state index in [2.05, 4.69) is 54.9 Å². The maximum Gasteiger partial charge on any atom is 0.119 e. The fourth-order valence-corrected chi connectivity index (χ4v) is 3.12. The molecule has 2 aromatic carbocycles. The van der Waals surface area contributed by atoms with Crippen LogP contribution in [-0.4, -0.2) is 18.2 Å². The lowest BCUT2D eigenvalue weighted by Gasteiger charge is -2.10. The van der Waals surface area contributed by atoms with Gasteiger partial charge in [-0.2, -0.15) is 0 Å². The summed E-state index contributed by atoms with van der Waals surface area (Å²) in [6.07, 6.45) is 3.11. The predicted octanol–water partition coefficient (Wildman–Crippen LogP) is 3.82. The van der Waals surface area contributed by atoms with Crippen molar-refractivity contribution in [3.05, 3.63) is 64.8 Å². The molecule has 0 saturated carbocycles. The van der Waals surface area contributed by atoms with Crippen molar-refractivity contribution >= 4 is 10.9 Å². The van der Waals surface area contributed by atoms with E-state index in [1.165, 1.54) is 33.2 Å². The van der Waals surface area contributed by atoms with Crippen LogP contribution in [0.15, 0.2) is 42.6 Å². The molecule has 0 radical (unpaired) electrons. The van der Waals surface area contributed by atoms with E-state index < -0.39 is 0 Å². The number of benzene rings is 2. The highest BCUT2D eigenvalue weighted by Crippen LogP contribution is 2.27. The molecule has 0 unspecified atom stereocenters. The zero-order chi connectivity index (χ0) is 16.4. The monoisotopic (exact) mass is 308 g/mol. The Hall–Kier alpha value is -2.26. The molecule has 0 spiro atoms. The van der Waals surface area contributed by atoms with Gasteiger partial charge in [0, 0.05) is 23.6 Å². The van der Waals surface area contributed by atoms with Crippen molar-refractivity contribution in [1.82, 2.24) is 4.57 Å². The van der Waals surface area contributed by atoms with E-state index in [0.717, 1.165) is 18.7 Å². The minimum atomic E-state index is 0.653. The maximum absolute atomic E-state index is 5.79. The average Bonchev–Trinajstić information content (AvgIpc) is 2.88. The van der Waals surface area contributed by atoms with Crippen molar-refractivity contribution in [1.29, 1.82) is 0 Å². The van der Waals surface area contributed by atoms with Crippen molar-refractivity contribution in [3.63, 3.8) is 0 Å². The molecule has 0 amide bonds. The van der Waals surface area contributed by atoms with Crippen molar-refractivity contribution < 1.29 is 4.74 Å². The Morgan fingerprint density at radius 3 is 2.61 bits per heavy atom. The Morgan fingerprint density at radius 2 is 1.87 bits per heavy atom. The van der Waals surface area contributed by atoms with E-state index in [1.54, 1.807) is 7.11 Å². The Balaban J connectivity index is 2.08. The molecule has 2 N–H and O–H groups in total. The second-order valence-electron chi connectivity index (χ2n) is 6.13. The van der Waals surface area contributed by atoms with E-state index in [-0.39, 0.29) is 0 Å². The van der Waals surface area contributed by atoms with E-state index in [4.69, 9.17) is 10.5 Å². The molecule has 0 aliphatic carbocycles. The summed E-state index contributed by atoms with van der Waals surface area (Å²) in [5.41, 5.74) is 12.3. The third kappa shape index (κ3) is 3.10. The molecule has 3 aromatic rings. The van der Waals surface area contributed by atoms with E-state index in [1.807, 2.05) is 6.07 Å². The van der Waals surface area contributed by atoms with E-state index >= 15 is 0 Å². The highest BCUT2D eigenvalue weighted by Gasteiger charge is 2.10. The minimum absolute atomic E-state index is 0.653. The fourth-order valence-electron chi connectivity index (χ4n) is 3.12. The molecule has 3 rings (SSSR count). The second kappa shape index (κ2) is 6.47. The van der Waals surface area contributed by atoms with Crippen LogP contribution in [-0.2, 0) is 13.0 Å². The summed E-state index contributed by atoms with van der Waals surface area (Å²) < 4.78 is 7.70. The smallest absolute Gasteiger partial charge is 0.119 e. The van der Waals surface area contributed by atoms with E-state index in [9.17, 15) is 0 Å². The summed E-state index contributed by atoms with van der Waals surface area (Å²) in [6.45, 7) is 5.84. The van der Waals surface area contributed by atoms with Crippen LogP contribution in [0.25, 0.3) is 10.9 Å². The number of nitrogens with zero attached hydrogens (tertiary/aromatic N) is 1. The van der Waals surface area contributed by atoms with Gasteiger partial charge in [-0.1, -0.05) is 23.8 Å². The van der Waals surface area contributed by atoms with Gasteiger partial charge in [-0.15, -0.1) is 0 Å². The van der Waals surface area contributed by atoms with Gasteiger partial charge in [0.05, 0.1) is 7.11 Å². The first kappa shape index (κ1) is 15.6. The third-order valence-corrected chi connectivity index (χ3v) is 4.43. The molecule has 0 bridgehead atoms. The first-order valence-corrected chi connectivity index (χ1v) is 8.04. The summed E-state index contributed by atoms with van der Waals surface area (Å²) in [5, 5.41) is 1.24. The van der Waals surface area contributed by atoms with Crippen LogP contribution in [0.1, 0.15) is 22.3 Å². The summed E-state index contributed by atoms with van der Waals surface area (Å²) in [5.74, 6) is 0.889. The molecule has 0 aliphatic rings. The molecule has 0 saturated heterocycles. The number of aromatic nitrogens is 1. The zero-order valence-corrected chi connectivity index (χ0v) is 14.1. The van der Waals surface area contributed by atoms with Gasteiger partial charge in [-0.3, -0.25) is 0 Å².